The summed E-state index contributed by atoms with van der Waals surface area (Å²) >= 11 is 3.32. The number of sulfonamides is 1. The van der Waals surface area contributed by atoms with Crippen LogP contribution in [0.5, 0.6) is 5.75 Å². The van der Waals surface area contributed by atoms with E-state index in [1.165, 1.54) is 4.31 Å². The Balaban J connectivity index is 1.70. The minimum Gasteiger partial charge on any atom is -0.496 e. The third-order valence-electron chi connectivity index (χ3n) is 5.17. The molecule has 1 N–H and O–H groups in total. The molecule has 1 fully saturated rings. The molecule has 2 aromatic rings. The summed E-state index contributed by atoms with van der Waals surface area (Å²) in [6, 6.07) is 13.9. The van der Waals surface area contributed by atoms with E-state index in [2.05, 4.69) is 21.2 Å². The van der Waals surface area contributed by atoms with E-state index in [4.69, 9.17) is 4.74 Å². The van der Waals surface area contributed by atoms with Crippen LogP contribution in [0, 0.1) is 5.92 Å². The highest BCUT2D eigenvalue weighted by molar-refractivity contribution is 9.10. The first kappa shape index (κ1) is 21.8. The number of rotatable bonds is 6. The lowest BCUT2D eigenvalue weighted by molar-refractivity contribution is -0.126. The number of hydrogen-bond acceptors (Lipinski definition) is 4. The molecule has 6 nitrogen and oxygen atoms in total. The van der Waals surface area contributed by atoms with Gasteiger partial charge in [-0.1, -0.05) is 34.1 Å². The molecule has 8 heteroatoms. The summed E-state index contributed by atoms with van der Waals surface area (Å²) < 4.78 is 33.5. The molecule has 0 aliphatic carbocycles. The molecule has 0 aromatic heterocycles. The molecule has 1 amide bonds. The summed E-state index contributed by atoms with van der Waals surface area (Å²) in [6.07, 6.45) is 1.31. The third kappa shape index (κ3) is 4.99. The summed E-state index contributed by atoms with van der Waals surface area (Å²) in [6.45, 7) is 2.50. The van der Waals surface area contributed by atoms with Crippen LogP contribution in [0.1, 0.15) is 31.4 Å². The van der Waals surface area contributed by atoms with Crippen LogP contribution in [0.4, 0.5) is 0 Å². The molecule has 0 spiro atoms. The first-order valence-corrected chi connectivity index (χ1v) is 11.7. The maximum absolute atomic E-state index is 13.0. The van der Waals surface area contributed by atoms with Gasteiger partial charge < -0.3 is 10.1 Å². The summed E-state index contributed by atoms with van der Waals surface area (Å²) in [4.78, 5) is 13.1. The zero-order valence-corrected chi connectivity index (χ0v) is 18.9. The van der Waals surface area contributed by atoms with Crippen LogP contribution in [0.15, 0.2) is 57.9 Å². The average Bonchev–Trinajstić information content (AvgIpc) is 2.74. The van der Waals surface area contributed by atoms with Gasteiger partial charge in [-0.2, -0.15) is 4.31 Å². The molecular formula is C21H25BrN2O4S. The first-order valence-electron chi connectivity index (χ1n) is 9.52. The van der Waals surface area contributed by atoms with Crippen LogP contribution in [-0.2, 0) is 14.8 Å². The van der Waals surface area contributed by atoms with Gasteiger partial charge in [-0.3, -0.25) is 4.79 Å². The van der Waals surface area contributed by atoms with Gasteiger partial charge in [0.25, 0.3) is 0 Å². The van der Waals surface area contributed by atoms with Crippen molar-refractivity contribution < 1.29 is 17.9 Å². The van der Waals surface area contributed by atoms with Crippen molar-refractivity contribution in [2.24, 2.45) is 5.92 Å². The molecule has 1 saturated heterocycles. The topological polar surface area (TPSA) is 75.7 Å². The lowest BCUT2D eigenvalue weighted by Crippen LogP contribution is -2.45. The number of carbonyl (C=O) groups excluding carboxylic acids is 1. The fourth-order valence-electron chi connectivity index (χ4n) is 3.56. The summed E-state index contributed by atoms with van der Waals surface area (Å²) in [7, 11) is -2.03. The third-order valence-corrected chi connectivity index (χ3v) is 7.58. The maximum Gasteiger partial charge on any atom is 0.243 e. The number of methoxy groups -OCH3 is 1. The average molecular weight is 481 g/mol. The molecule has 2 atom stereocenters. The Bertz CT molecular complexity index is 963. The van der Waals surface area contributed by atoms with Gasteiger partial charge in [0.2, 0.25) is 15.9 Å². The number of para-hydroxylation sites is 1. The van der Waals surface area contributed by atoms with Gasteiger partial charge in [-0.15, -0.1) is 0 Å². The van der Waals surface area contributed by atoms with Crippen molar-refractivity contribution in [3.05, 3.63) is 58.6 Å². The molecular weight excluding hydrogens is 456 g/mol. The first-order chi connectivity index (χ1) is 13.8. The van der Waals surface area contributed by atoms with E-state index in [0.29, 0.717) is 25.1 Å². The molecule has 1 aliphatic rings. The molecule has 0 bridgehead atoms. The lowest BCUT2D eigenvalue weighted by Gasteiger charge is -2.32. The van der Waals surface area contributed by atoms with Crippen molar-refractivity contribution in [2.45, 2.75) is 30.7 Å². The number of benzene rings is 2. The number of ether oxygens (including phenoxy) is 1. The van der Waals surface area contributed by atoms with E-state index in [1.54, 1.807) is 31.4 Å². The van der Waals surface area contributed by atoms with E-state index in [0.717, 1.165) is 10.0 Å². The van der Waals surface area contributed by atoms with Gasteiger partial charge in [-0.25, -0.2) is 8.42 Å². The number of halogens is 1. The Morgan fingerprint density at radius 2 is 1.90 bits per heavy atom. The van der Waals surface area contributed by atoms with Gasteiger partial charge in [-0.05, 0) is 50.1 Å². The Morgan fingerprint density at radius 3 is 2.59 bits per heavy atom. The standard InChI is InChI=1S/C21H25BrN2O4S/c1-15(19-7-3-4-8-20(19)28-2)23-21(25)16-6-5-13-24(14-16)29(26,27)18-11-9-17(22)10-12-18/h3-4,7-12,15-16H,5-6,13-14H2,1-2H3,(H,23,25)/t15-,16-/m0/s1. The second kappa shape index (κ2) is 9.28. The molecule has 3 rings (SSSR count). The smallest absolute Gasteiger partial charge is 0.243 e. The van der Waals surface area contributed by atoms with Crippen LogP contribution < -0.4 is 10.1 Å². The Hall–Kier alpha value is -1.90. The highest BCUT2D eigenvalue weighted by atomic mass is 79.9. The molecule has 29 heavy (non-hydrogen) atoms. The molecule has 1 heterocycles. The minimum atomic E-state index is -3.62. The van der Waals surface area contributed by atoms with Gasteiger partial charge in [0.15, 0.2) is 0 Å². The Labute approximate surface area is 180 Å². The van der Waals surface area contributed by atoms with Crippen molar-refractivity contribution >= 4 is 31.9 Å². The molecule has 2 aromatic carbocycles. The summed E-state index contributed by atoms with van der Waals surface area (Å²) in [5, 5.41) is 3.01. The van der Waals surface area contributed by atoms with Crippen molar-refractivity contribution in [1.82, 2.24) is 9.62 Å². The van der Waals surface area contributed by atoms with Crippen LogP contribution in [0.2, 0.25) is 0 Å². The van der Waals surface area contributed by atoms with Crippen molar-refractivity contribution in [3.63, 3.8) is 0 Å². The fourth-order valence-corrected chi connectivity index (χ4v) is 5.35. The second-order valence-electron chi connectivity index (χ2n) is 7.13. The van der Waals surface area contributed by atoms with Crippen molar-refractivity contribution in [3.8, 4) is 5.75 Å². The molecule has 1 aliphatic heterocycles. The van der Waals surface area contributed by atoms with Gasteiger partial charge >= 0.3 is 0 Å². The largest absolute Gasteiger partial charge is 0.496 e. The highest BCUT2D eigenvalue weighted by Crippen LogP contribution is 2.27. The predicted octanol–water partition coefficient (Wildman–Crippen LogP) is 3.74. The van der Waals surface area contributed by atoms with E-state index >= 15 is 0 Å². The van der Waals surface area contributed by atoms with Crippen LogP contribution >= 0.6 is 15.9 Å². The monoisotopic (exact) mass is 480 g/mol. The number of carbonyl (C=O) groups is 1. The Kier molecular flexibility index (Phi) is 6.97. The van der Waals surface area contributed by atoms with Crippen LogP contribution in [0.25, 0.3) is 0 Å². The molecule has 0 unspecified atom stereocenters. The minimum absolute atomic E-state index is 0.140. The van der Waals surface area contributed by atoms with Crippen molar-refractivity contribution in [1.29, 1.82) is 0 Å². The molecule has 0 saturated carbocycles. The zero-order valence-electron chi connectivity index (χ0n) is 16.5. The number of nitrogens with one attached hydrogen (secondary N) is 1. The predicted molar refractivity (Wildman–Crippen MR) is 115 cm³/mol. The SMILES string of the molecule is COc1ccccc1[C@H](C)NC(=O)[C@H]1CCCN(S(=O)(=O)c2ccc(Br)cc2)C1. The van der Waals surface area contributed by atoms with Crippen LogP contribution in [-0.4, -0.2) is 38.8 Å². The lowest BCUT2D eigenvalue weighted by atomic mass is 9.97. The van der Waals surface area contributed by atoms with E-state index in [1.807, 2.05) is 31.2 Å². The van der Waals surface area contributed by atoms with E-state index in [9.17, 15) is 13.2 Å². The Morgan fingerprint density at radius 1 is 1.21 bits per heavy atom. The number of piperidine rings is 1. The van der Waals surface area contributed by atoms with Gasteiger partial charge in [0.05, 0.1) is 24.0 Å². The number of nitrogens with zero attached hydrogens (tertiary/aromatic N) is 1. The fraction of sp³-hybridized carbons (Fsp3) is 0.381. The van der Waals surface area contributed by atoms with Gasteiger partial charge in [0.1, 0.15) is 5.75 Å². The molecule has 156 valence electrons. The normalized spacial score (nSPS) is 18.8. The second-order valence-corrected chi connectivity index (χ2v) is 9.98. The maximum atomic E-state index is 13.0. The number of hydrogen-bond donors (Lipinski definition) is 1. The van der Waals surface area contributed by atoms with E-state index < -0.39 is 10.0 Å². The van der Waals surface area contributed by atoms with Crippen LogP contribution in [0.3, 0.4) is 0 Å². The summed E-state index contributed by atoms with van der Waals surface area (Å²) in [5.41, 5.74) is 0.887. The summed E-state index contributed by atoms with van der Waals surface area (Å²) in [5.74, 6) is 0.189. The number of amides is 1. The quantitative estimate of drug-likeness (QED) is 0.682. The zero-order chi connectivity index (χ0) is 21.0. The molecule has 0 radical (unpaired) electrons. The van der Waals surface area contributed by atoms with Gasteiger partial charge in [0, 0.05) is 23.1 Å². The van der Waals surface area contributed by atoms with Crippen molar-refractivity contribution in [2.75, 3.05) is 20.2 Å². The van der Waals surface area contributed by atoms with E-state index in [-0.39, 0.29) is 29.3 Å². The highest BCUT2D eigenvalue weighted by Gasteiger charge is 2.33.